The van der Waals surface area contributed by atoms with Crippen LogP contribution >= 0.6 is 11.6 Å². The molecule has 0 fully saturated rings. The van der Waals surface area contributed by atoms with Gasteiger partial charge in [-0.05, 0) is 58.7 Å². The molecule has 3 aromatic carbocycles. The Labute approximate surface area is 167 Å². The summed E-state index contributed by atoms with van der Waals surface area (Å²) in [5.74, 6) is 1.65. The molecule has 0 aliphatic carbocycles. The monoisotopic (exact) mass is 390 g/mol. The Morgan fingerprint density at radius 1 is 1.00 bits per heavy atom. The third kappa shape index (κ3) is 2.98. The van der Waals surface area contributed by atoms with Gasteiger partial charge in [-0.1, -0.05) is 41.9 Å². The van der Waals surface area contributed by atoms with E-state index >= 15 is 0 Å². The first-order chi connectivity index (χ1) is 13.7. The third-order valence-corrected chi connectivity index (χ3v) is 5.61. The molecule has 1 N–H and O–H groups in total. The van der Waals surface area contributed by atoms with Crippen molar-refractivity contribution in [1.29, 1.82) is 0 Å². The van der Waals surface area contributed by atoms with Crippen molar-refractivity contribution in [1.82, 2.24) is 14.8 Å². The highest BCUT2D eigenvalue weighted by Crippen LogP contribution is 2.38. The van der Waals surface area contributed by atoms with Crippen LogP contribution < -0.4 is 10.1 Å². The number of fused-ring (bicyclic) bond motifs is 2. The molecule has 6 heteroatoms. The molecule has 0 radical (unpaired) electrons. The molecule has 1 aliphatic rings. The molecule has 1 aromatic heterocycles. The van der Waals surface area contributed by atoms with E-state index in [1.54, 1.807) is 13.4 Å². The van der Waals surface area contributed by atoms with Gasteiger partial charge in [0.15, 0.2) is 0 Å². The molecule has 2 heterocycles. The second-order valence-electron chi connectivity index (χ2n) is 7.00. The van der Waals surface area contributed by atoms with E-state index in [4.69, 9.17) is 16.3 Å². The minimum Gasteiger partial charge on any atom is -0.497 e. The maximum atomic E-state index is 6.08. The van der Waals surface area contributed by atoms with Gasteiger partial charge in [0.05, 0.1) is 19.2 Å². The van der Waals surface area contributed by atoms with Gasteiger partial charge in [-0.15, -0.1) is 0 Å². The Morgan fingerprint density at radius 2 is 1.75 bits per heavy atom. The van der Waals surface area contributed by atoms with Crippen molar-refractivity contribution in [2.24, 2.45) is 0 Å². The van der Waals surface area contributed by atoms with Crippen molar-refractivity contribution in [2.75, 3.05) is 12.4 Å². The number of methoxy groups -OCH3 is 1. The van der Waals surface area contributed by atoms with Crippen LogP contribution in [-0.4, -0.2) is 21.9 Å². The number of halogens is 1. The van der Waals surface area contributed by atoms with E-state index in [0.717, 1.165) is 28.5 Å². The van der Waals surface area contributed by atoms with Gasteiger partial charge in [0.2, 0.25) is 5.95 Å². The van der Waals surface area contributed by atoms with Crippen molar-refractivity contribution < 1.29 is 4.74 Å². The Morgan fingerprint density at radius 3 is 2.57 bits per heavy atom. The van der Waals surface area contributed by atoms with Gasteiger partial charge in [0, 0.05) is 5.02 Å². The molecule has 140 valence electrons. The van der Waals surface area contributed by atoms with Gasteiger partial charge >= 0.3 is 0 Å². The fraction of sp³-hybridized carbons (Fsp3) is 0.182. The van der Waals surface area contributed by atoms with E-state index in [9.17, 15) is 0 Å². The van der Waals surface area contributed by atoms with E-state index in [0.29, 0.717) is 0 Å². The van der Waals surface area contributed by atoms with Crippen LogP contribution in [0.3, 0.4) is 0 Å². The van der Waals surface area contributed by atoms with E-state index in [2.05, 4.69) is 57.9 Å². The molecule has 0 bridgehead atoms. The Bertz CT molecular complexity index is 1140. The molecular weight excluding hydrogens is 372 g/mol. The molecular formula is C22H19ClN4O. The lowest BCUT2D eigenvalue weighted by Crippen LogP contribution is -2.28. The molecule has 0 saturated heterocycles. The summed E-state index contributed by atoms with van der Waals surface area (Å²) < 4.78 is 7.28. The summed E-state index contributed by atoms with van der Waals surface area (Å²) >= 11 is 6.08. The summed E-state index contributed by atoms with van der Waals surface area (Å²) in [6, 6.07) is 20.9. The number of aromatic nitrogens is 3. The smallest absolute Gasteiger partial charge is 0.222 e. The summed E-state index contributed by atoms with van der Waals surface area (Å²) in [4.78, 5) is 4.41. The lowest BCUT2D eigenvalue weighted by molar-refractivity contribution is 0.415. The molecule has 5 rings (SSSR count). The zero-order valence-corrected chi connectivity index (χ0v) is 16.1. The first-order valence-corrected chi connectivity index (χ1v) is 9.58. The zero-order chi connectivity index (χ0) is 19.1. The minimum atomic E-state index is 0.104. The van der Waals surface area contributed by atoms with Gasteiger partial charge in [0.25, 0.3) is 0 Å². The number of nitrogens with one attached hydrogen (secondary N) is 1. The molecule has 0 spiro atoms. The normalized spacial score (nSPS) is 18.5. The number of rotatable bonds is 3. The summed E-state index contributed by atoms with van der Waals surface area (Å²) in [5, 5.41) is 11.0. The van der Waals surface area contributed by atoms with Gasteiger partial charge in [-0.2, -0.15) is 10.1 Å². The van der Waals surface area contributed by atoms with Crippen LogP contribution in [0, 0.1) is 0 Å². The average molecular weight is 391 g/mol. The van der Waals surface area contributed by atoms with Crippen molar-refractivity contribution in [3.05, 3.63) is 83.1 Å². The maximum Gasteiger partial charge on any atom is 0.222 e. The van der Waals surface area contributed by atoms with Crippen LogP contribution in [0.5, 0.6) is 5.75 Å². The van der Waals surface area contributed by atoms with Crippen LogP contribution in [0.25, 0.3) is 10.8 Å². The molecule has 28 heavy (non-hydrogen) atoms. The van der Waals surface area contributed by atoms with Gasteiger partial charge in [0.1, 0.15) is 12.1 Å². The van der Waals surface area contributed by atoms with E-state index in [1.165, 1.54) is 16.5 Å². The Balaban J connectivity index is 1.52. The summed E-state index contributed by atoms with van der Waals surface area (Å²) in [6.45, 7) is 0. The van der Waals surface area contributed by atoms with Gasteiger partial charge in [-0.25, -0.2) is 4.68 Å². The quantitative estimate of drug-likeness (QED) is 0.519. The highest BCUT2D eigenvalue weighted by atomic mass is 35.5. The van der Waals surface area contributed by atoms with Crippen molar-refractivity contribution in [3.8, 4) is 5.75 Å². The number of nitrogens with zero attached hydrogens (tertiary/aromatic N) is 3. The molecule has 0 amide bonds. The van der Waals surface area contributed by atoms with Crippen molar-refractivity contribution in [3.63, 3.8) is 0 Å². The van der Waals surface area contributed by atoms with Crippen LogP contribution in [0.15, 0.2) is 67.0 Å². The lowest BCUT2D eigenvalue weighted by Gasteiger charge is -2.32. The molecule has 4 aromatic rings. The lowest BCUT2D eigenvalue weighted by atomic mass is 9.92. The first kappa shape index (κ1) is 17.1. The third-order valence-electron chi connectivity index (χ3n) is 5.36. The molecule has 0 saturated carbocycles. The Hall–Kier alpha value is -3.05. The SMILES string of the molecule is COc1ccc2cc([C@H]3C[C@@H](c4ccc(Cl)cc4)n4ncnc4N3)ccc2c1. The number of anilines is 1. The number of hydrogen-bond acceptors (Lipinski definition) is 4. The zero-order valence-electron chi connectivity index (χ0n) is 15.3. The highest BCUT2D eigenvalue weighted by molar-refractivity contribution is 6.30. The number of hydrogen-bond donors (Lipinski definition) is 1. The first-order valence-electron chi connectivity index (χ1n) is 9.20. The fourth-order valence-corrected chi connectivity index (χ4v) is 4.01. The minimum absolute atomic E-state index is 0.104. The predicted molar refractivity (Wildman–Crippen MR) is 111 cm³/mol. The van der Waals surface area contributed by atoms with Crippen LogP contribution in [0.1, 0.15) is 29.6 Å². The van der Waals surface area contributed by atoms with E-state index in [-0.39, 0.29) is 12.1 Å². The summed E-state index contributed by atoms with van der Waals surface area (Å²) in [5.41, 5.74) is 2.40. The molecule has 1 aliphatic heterocycles. The predicted octanol–water partition coefficient (Wildman–Crippen LogP) is 5.24. The van der Waals surface area contributed by atoms with Crippen LogP contribution in [-0.2, 0) is 0 Å². The second-order valence-corrected chi connectivity index (χ2v) is 7.44. The topological polar surface area (TPSA) is 52.0 Å². The molecule has 0 unspecified atom stereocenters. The largest absolute Gasteiger partial charge is 0.497 e. The molecule has 5 nitrogen and oxygen atoms in total. The second kappa shape index (κ2) is 6.84. The van der Waals surface area contributed by atoms with Crippen LogP contribution in [0.2, 0.25) is 5.02 Å². The fourth-order valence-electron chi connectivity index (χ4n) is 3.89. The van der Waals surface area contributed by atoms with Crippen LogP contribution in [0.4, 0.5) is 5.95 Å². The average Bonchev–Trinajstić information content (AvgIpc) is 3.21. The van der Waals surface area contributed by atoms with Crippen molar-refractivity contribution in [2.45, 2.75) is 18.5 Å². The number of ether oxygens (including phenoxy) is 1. The van der Waals surface area contributed by atoms with Gasteiger partial charge < -0.3 is 10.1 Å². The van der Waals surface area contributed by atoms with Crippen molar-refractivity contribution >= 4 is 28.3 Å². The highest BCUT2D eigenvalue weighted by Gasteiger charge is 2.30. The van der Waals surface area contributed by atoms with Gasteiger partial charge in [-0.3, -0.25) is 0 Å². The van der Waals surface area contributed by atoms with E-state index in [1.807, 2.05) is 22.9 Å². The molecule has 2 atom stereocenters. The standard InChI is InChI=1S/C22H19ClN4O/c1-28-19-9-6-15-10-17(3-2-16(15)11-19)20-12-21(14-4-7-18(23)8-5-14)27-22(26-20)24-13-25-27/h2-11,13,20-21H,12H2,1H3,(H,24,25,26)/t20-,21+/m1/s1. The van der Waals surface area contributed by atoms with E-state index < -0.39 is 0 Å². The summed E-state index contributed by atoms with van der Waals surface area (Å²) in [7, 11) is 1.69. The maximum absolute atomic E-state index is 6.08. The number of benzene rings is 3. The summed E-state index contributed by atoms with van der Waals surface area (Å²) in [6.07, 6.45) is 2.47. The Kier molecular flexibility index (Phi) is 4.17.